The van der Waals surface area contributed by atoms with Crippen molar-refractivity contribution in [1.82, 2.24) is 10.2 Å². The highest BCUT2D eigenvalue weighted by Gasteiger charge is 2.23. The maximum absolute atomic E-state index is 10.9. The predicted octanol–water partition coefficient (Wildman–Crippen LogP) is -1.75. The Hall–Kier alpha value is -1.01. The van der Waals surface area contributed by atoms with Gasteiger partial charge in [-0.1, -0.05) is 0 Å². The zero-order valence-corrected chi connectivity index (χ0v) is 7.84. The van der Waals surface area contributed by atoms with E-state index in [-0.39, 0.29) is 25.0 Å². The monoisotopic (exact) mass is 208 g/mol. The summed E-state index contributed by atoms with van der Waals surface area (Å²) in [6, 6.07) is -0.958. The number of nitrogens with zero attached hydrogens (tertiary/aromatic N) is 1. The summed E-state index contributed by atoms with van der Waals surface area (Å²) in [7, 11) is 0. The number of primary amides is 1. The fraction of sp³-hybridized carbons (Fsp3) is 0.667. The molecule has 76 valence electrons. The number of rotatable bonds is 3. The van der Waals surface area contributed by atoms with E-state index in [0.29, 0.717) is 13.1 Å². The molecule has 0 radical (unpaired) electrons. The fourth-order valence-corrected chi connectivity index (χ4v) is 1.01. The van der Waals surface area contributed by atoms with Crippen LogP contribution in [0.4, 0.5) is 4.79 Å². The second-order valence-electron chi connectivity index (χ2n) is 2.69. The minimum atomic E-state index is -0.770. The van der Waals surface area contributed by atoms with Gasteiger partial charge in [0.25, 0.3) is 0 Å². The lowest BCUT2D eigenvalue weighted by molar-refractivity contribution is -0.119. The average Bonchev–Trinajstić information content (AvgIpc) is 2.36. The molecule has 1 aliphatic rings. The standard InChI is InChI=1S/C6H12N4O2.ClH/c7-4(5(8)11)3-10-2-1-9-6(10)12;/h4H,1-3,7H2,(H2,8,11)(H,9,12);1H/t4-;/m0./s1. The van der Waals surface area contributed by atoms with E-state index in [1.165, 1.54) is 4.90 Å². The summed E-state index contributed by atoms with van der Waals surface area (Å²) in [4.78, 5) is 22.9. The number of carbonyl (C=O) groups is 2. The zero-order chi connectivity index (χ0) is 9.14. The molecule has 6 nitrogen and oxygen atoms in total. The minimum Gasteiger partial charge on any atom is -0.368 e. The van der Waals surface area contributed by atoms with Crippen molar-refractivity contribution in [3.63, 3.8) is 0 Å². The van der Waals surface area contributed by atoms with E-state index in [9.17, 15) is 9.59 Å². The van der Waals surface area contributed by atoms with Crippen LogP contribution in [0.2, 0.25) is 0 Å². The van der Waals surface area contributed by atoms with Gasteiger partial charge in [-0.05, 0) is 0 Å². The van der Waals surface area contributed by atoms with Crippen molar-refractivity contribution in [2.24, 2.45) is 11.5 Å². The molecule has 7 heteroatoms. The van der Waals surface area contributed by atoms with Crippen molar-refractivity contribution in [1.29, 1.82) is 0 Å². The number of amides is 3. The highest BCUT2D eigenvalue weighted by atomic mass is 35.5. The number of carbonyl (C=O) groups excluding carboxylic acids is 2. The third-order valence-electron chi connectivity index (χ3n) is 1.73. The molecule has 0 aromatic rings. The molecule has 1 fully saturated rings. The van der Waals surface area contributed by atoms with Gasteiger partial charge >= 0.3 is 6.03 Å². The van der Waals surface area contributed by atoms with Gasteiger partial charge in [0.15, 0.2) is 0 Å². The van der Waals surface area contributed by atoms with Crippen molar-refractivity contribution in [2.75, 3.05) is 19.6 Å². The van der Waals surface area contributed by atoms with E-state index >= 15 is 0 Å². The lowest BCUT2D eigenvalue weighted by Gasteiger charge is -2.16. The first-order valence-corrected chi connectivity index (χ1v) is 3.69. The Bertz CT molecular complexity index is 211. The average molecular weight is 209 g/mol. The second kappa shape index (κ2) is 4.88. The Balaban J connectivity index is 0.00000144. The zero-order valence-electron chi connectivity index (χ0n) is 7.03. The summed E-state index contributed by atoms with van der Waals surface area (Å²) in [5.74, 6) is -0.588. The van der Waals surface area contributed by atoms with Crippen molar-refractivity contribution >= 4 is 24.3 Å². The van der Waals surface area contributed by atoms with Gasteiger partial charge in [-0.15, -0.1) is 12.4 Å². The van der Waals surface area contributed by atoms with Gasteiger partial charge in [-0.2, -0.15) is 0 Å². The third-order valence-corrected chi connectivity index (χ3v) is 1.73. The van der Waals surface area contributed by atoms with Gasteiger partial charge in [-0.25, -0.2) is 4.79 Å². The molecule has 1 atom stereocenters. The lowest BCUT2D eigenvalue weighted by atomic mass is 10.3. The summed E-state index contributed by atoms with van der Waals surface area (Å²) in [5, 5.41) is 2.59. The molecule has 13 heavy (non-hydrogen) atoms. The maximum Gasteiger partial charge on any atom is 0.317 e. The molecule has 5 N–H and O–H groups in total. The predicted molar refractivity (Wildman–Crippen MR) is 49.4 cm³/mol. The van der Waals surface area contributed by atoms with Crippen LogP contribution in [0, 0.1) is 0 Å². The number of nitrogens with two attached hydrogens (primary N) is 2. The molecule has 3 amide bonds. The summed E-state index contributed by atoms with van der Waals surface area (Å²) >= 11 is 0. The molecule has 0 aliphatic carbocycles. The van der Waals surface area contributed by atoms with E-state index in [4.69, 9.17) is 11.5 Å². The first-order valence-electron chi connectivity index (χ1n) is 3.69. The van der Waals surface area contributed by atoms with Crippen LogP contribution in [0.5, 0.6) is 0 Å². The molecule has 1 aliphatic heterocycles. The molecular weight excluding hydrogens is 196 g/mol. The van der Waals surface area contributed by atoms with Crippen molar-refractivity contribution < 1.29 is 9.59 Å². The van der Waals surface area contributed by atoms with Gasteiger partial charge < -0.3 is 21.7 Å². The molecule has 1 heterocycles. The van der Waals surface area contributed by atoms with Gasteiger partial charge in [-0.3, -0.25) is 4.79 Å². The summed E-state index contributed by atoms with van der Waals surface area (Å²) < 4.78 is 0. The van der Waals surface area contributed by atoms with Crippen LogP contribution in [0.25, 0.3) is 0 Å². The van der Waals surface area contributed by atoms with Crippen molar-refractivity contribution in [2.45, 2.75) is 6.04 Å². The van der Waals surface area contributed by atoms with Crippen molar-refractivity contribution in [3.05, 3.63) is 0 Å². The van der Waals surface area contributed by atoms with Crippen LogP contribution in [-0.2, 0) is 4.79 Å². The first-order chi connectivity index (χ1) is 5.61. The highest BCUT2D eigenvalue weighted by Crippen LogP contribution is 1.96. The summed E-state index contributed by atoms with van der Waals surface area (Å²) in [6.07, 6.45) is 0. The van der Waals surface area contributed by atoms with Gasteiger partial charge in [0.1, 0.15) is 6.04 Å². The second-order valence-corrected chi connectivity index (χ2v) is 2.69. The van der Waals surface area contributed by atoms with E-state index < -0.39 is 11.9 Å². The molecule has 0 aromatic carbocycles. The number of halogens is 1. The number of hydrogen-bond donors (Lipinski definition) is 3. The van der Waals surface area contributed by atoms with E-state index in [2.05, 4.69) is 5.32 Å². The van der Waals surface area contributed by atoms with Crippen molar-refractivity contribution in [3.8, 4) is 0 Å². The van der Waals surface area contributed by atoms with E-state index in [1.54, 1.807) is 0 Å². The Morgan fingerprint density at radius 1 is 1.69 bits per heavy atom. The smallest absolute Gasteiger partial charge is 0.317 e. The highest BCUT2D eigenvalue weighted by molar-refractivity contribution is 5.85. The molecular formula is C6H13ClN4O2. The first kappa shape index (κ1) is 12.0. The number of nitrogens with one attached hydrogen (secondary N) is 1. The van der Waals surface area contributed by atoms with Gasteiger partial charge in [0.2, 0.25) is 5.91 Å². The van der Waals surface area contributed by atoms with Crippen LogP contribution in [-0.4, -0.2) is 42.5 Å². The summed E-state index contributed by atoms with van der Waals surface area (Å²) in [5.41, 5.74) is 10.3. The van der Waals surface area contributed by atoms with Crippen LogP contribution in [0.1, 0.15) is 0 Å². The van der Waals surface area contributed by atoms with Gasteiger partial charge in [0.05, 0.1) is 0 Å². The summed E-state index contributed by atoms with van der Waals surface area (Å²) in [6.45, 7) is 1.38. The molecule has 1 rings (SSSR count). The van der Waals surface area contributed by atoms with E-state index in [0.717, 1.165) is 0 Å². The Kier molecular flexibility index (Phi) is 4.50. The quantitative estimate of drug-likeness (QED) is 0.513. The third kappa shape index (κ3) is 3.08. The molecule has 0 saturated carbocycles. The Morgan fingerprint density at radius 3 is 2.69 bits per heavy atom. The largest absolute Gasteiger partial charge is 0.368 e. The SMILES string of the molecule is Cl.NC(=O)[C@@H](N)CN1CCNC1=O. The molecule has 0 spiro atoms. The molecule has 0 bridgehead atoms. The van der Waals surface area contributed by atoms with Crippen LogP contribution >= 0.6 is 12.4 Å². The fourth-order valence-electron chi connectivity index (χ4n) is 1.01. The minimum absolute atomic E-state index is 0. The topological polar surface area (TPSA) is 101 Å². The normalized spacial score (nSPS) is 17.6. The van der Waals surface area contributed by atoms with Gasteiger partial charge in [0, 0.05) is 19.6 Å². The Morgan fingerprint density at radius 2 is 2.31 bits per heavy atom. The molecule has 0 aromatic heterocycles. The number of hydrogen-bond acceptors (Lipinski definition) is 3. The van der Waals surface area contributed by atoms with E-state index in [1.807, 2.05) is 0 Å². The Labute approximate surface area is 82.0 Å². The van der Waals surface area contributed by atoms with Crippen LogP contribution in [0.15, 0.2) is 0 Å². The molecule has 0 unspecified atom stereocenters. The maximum atomic E-state index is 10.9. The van der Waals surface area contributed by atoms with Crippen LogP contribution < -0.4 is 16.8 Å². The number of urea groups is 1. The lowest BCUT2D eigenvalue weighted by Crippen LogP contribution is -2.46. The van der Waals surface area contributed by atoms with Crippen LogP contribution in [0.3, 0.4) is 0 Å². The molecule has 1 saturated heterocycles.